The van der Waals surface area contributed by atoms with Crippen LogP contribution in [0.25, 0.3) is 0 Å². The van der Waals surface area contributed by atoms with Crippen LogP contribution in [0.3, 0.4) is 0 Å². The van der Waals surface area contributed by atoms with Crippen molar-refractivity contribution in [2.45, 2.75) is 32.4 Å². The van der Waals surface area contributed by atoms with Gasteiger partial charge in [-0.25, -0.2) is 0 Å². The molecule has 3 nitrogen and oxygen atoms in total. The molecule has 2 atom stereocenters. The zero-order chi connectivity index (χ0) is 15.7. The van der Waals surface area contributed by atoms with Gasteiger partial charge in [-0.1, -0.05) is 18.2 Å². The van der Waals surface area contributed by atoms with Crippen LogP contribution in [-0.4, -0.2) is 11.9 Å². The fraction of sp³-hybridized carbons (Fsp3) is 0.278. The topological polar surface area (TPSA) is 32.3 Å². The van der Waals surface area contributed by atoms with Crippen LogP contribution in [0.4, 0.5) is 11.4 Å². The van der Waals surface area contributed by atoms with Crippen molar-refractivity contribution in [1.29, 1.82) is 0 Å². The fourth-order valence-corrected chi connectivity index (χ4v) is 3.70. The average Bonchev–Trinajstić information content (AvgIpc) is 2.48. The number of carbonyl (C=O) groups excluding carboxylic acids is 1. The molecule has 3 rings (SSSR count). The first-order chi connectivity index (χ1) is 10.6. The number of para-hydroxylation sites is 1. The number of carbonyl (C=O) groups is 1. The van der Waals surface area contributed by atoms with Crippen LogP contribution in [0.5, 0.6) is 0 Å². The summed E-state index contributed by atoms with van der Waals surface area (Å²) in [7, 11) is 0. The molecule has 2 aromatic rings. The van der Waals surface area contributed by atoms with Crippen molar-refractivity contribution in [2.24, 2.45) is 0 Å². The Morgan fingerprint density at radius 2 is 1.95 bits per heavy atom. The maximum absolute atomic E-state index is 12.0. The van der Waals surface area contributed by atoms with E-state index in [1.165, 1.54) is 9.13 Å². The fourth-order valence-electron chi connectivity index (χ4n) is 3.19. The number of hydrogen-bond donors (Lipinski definition) is 1. The van der Waals surface area contributed by atoms with Crippen molar-refractivity contribution in [3.63, 3.8) is 0 Å². The Hall–Kier alpha value is -1.56. The number of hydrogen-bond acceptors (Lipinski definition) is 2. The minimum absolute atomic E-state index is 0.105. The summed E-state index contributed by atoms with van der Waals surface area (Å²) in [4.78, 5) is 13.9. The van der Waals surface area contributed by atoms with Gasteiger partial charge in [0.25, 0.3) is 0 Å². The molecule has 0 aliphatic carbocycles. The Balaban J connectivity index is 2.00. The van der Waals surface area contributed by atoms with Gasteiger partial charge in [0.15, 0.2) is 0 Å². The van der Waals surface area contributed by atoms with Crippen LogP contribution in [0.15, 0.2) is 48.5 Å². The second-order valence-corrected chi connectivity index (χ2v) is 6.99. The van der Waals surface area contributed by atoms with Crippen LogP contribution in [-0.2, 0) is 4.79 Å². The zero-order valence-corrected chi connectivity index (χ0v) is 14.9. The zero-order valence-electron chi connectivity index (χ0n) is 12.7. The van der Waals surface area contributed by atoms with E-state index in [0.717, 1.165) is 17.8 Å². The summed E-state index contributed by atoms with van der Waals surface area (Å²) in [6, 6.07) is 17.0. The van der Waals surface area contributed by atoms with Crippen molar-refractivity contribution in [2.75, 3.05) is 10.2 Å². The molecule has 0 bridgehead atoms. The second-order valence-electron chi connectivity index (χ2n) is 5.74. The maximum Gasteiger partial charge on any atom is 0.224 e. The number of nitrogens with one attached hydrogen (secondary N) is 1. The highest BCUT2D eigenvalue weighted by atomic mass is 127. The summed E-state index contributed by atoms with van der Waals surface area (Å²) in [5, 5.41) is 3.61. The first-order valence-electron chi connectivity index (χ1n) is 7.47. The van der Waals surface area contributed by atoms with Gasteiger partial charge >= 0.3 is 0 Å². The summed E-state index contributed by atoms with van der Waals surface area (Å²) in [6.07, 6.45) is 0.904. The molecule has 1 aliphatic rings. The first kappa shape index (κ1) is 15.3. The smallest absolute Gasteiger partial charge is 0.224 e. The Kier molecular flexibility index (Phi) is 4.38. The molecule has 4 heteroatoms. The van der Waals surface area contributed by atoms with Gasteiger partial charge in [0.05, 0.1) is 6.04 Å². The highest BCUT2D eigenvalue weighted by Crippen LogP contribution is 2.39. The highest BCUT2D eigenvalue weighted by molar-refractivity contribution is 14.1. The van der Waals surface area contributed by atoms with Gasteiger partial charge in [-0.05, 0) is 71.8 Å². The van der Waals surface area contributed by atoms with Crippen LogP contribution in [0.1, 0.15) is 31.9 Å². The third-order valence-electron chi connectivity index (χ3n) is 4.10. The highest BCUT2D eigenvalue weighted by Gasteiger charge is 2.32. The van der Waals surface area contributed by atoms with Gasteiger partial charge in [0, 0.05) is 27.9 Å². The molecule has 22 heavy (non-hydrogen) atoms. The Labute approximate surface area is 144 Å². The van der Waals surface area contributed by atoms with E-state index in [1.807, 2.05) is 23.1 Å². The lowest BCUT2D eigenvalue weighted by molar-refractivity contribution is -0.117. The van der Waals surface area contributed by atoms with Gasteiger partial charge in [-0.2, -0.15) is 0 Å². The summed E-state index contributed by atoms with van der Waals surface area (Å²) >= 11 is 2.33. The Bertz CT molecular complexity index is 687. The average molecular weight is 406 g/mol. The third-order valence-corrected chi connectivity index (χ3v) is 4.77. The summed E-state index contributed by atoms with van der Waals surface area (Å²) in [5.41, 5.74) is 3.34. The predicted octanol–water partition coefficient (Wildman–Crippen LogP) is 4.59. The van der Waals surface area contributed by atoms with E-state index in [2.05, 4.69) is 65.2 Å². The predicted molar refractivity (Wildman–Crippen MR) is 99.2 cm³/mol. The molecule has 0 fully saturated rings. The molecule has 0 spiro atoms. The first-order valence-corrected chi connectivity index (χ1v) is 8.55. The van der Waals surface area contributed by atoms with E-state index >= 15 is 0 Å². The minimum Gasteiger partial charge on any atom is -0.378 e. The molecule has 2 aromatic carbocycles. The van der Waals surface area contributed by atoms with Crippen molar-refractivity contribution < 1.29 is 4.79 Å². The van der Waals surface area contributed by atoms with E-state index < -0.39 is 0 Å². The van der Waals surface area contributed by atoms with Gasteiger partial charge in [-0.15, -0.1) is 0 Å². The summed E-state index contributed by atoms with van der Waals surface area (Å²) in [5.74, 6) is 0.105. The van der Waals surface area contributed by atoms with Crippen LogP contribution < -0.4 is 10.2 Å². The monoisotopic (exact) mass is 406 g/mol. The standard InChI is InChI=1S/C18H19IN2O/c1-12-10-17(20-15-6-4-3-5-7-15)16-11-14(19)8-9-18(16)21(12)13(2)22/h3-9,11-12,17,20H,10H2,1-2H3. The molecule has 1 heterocycles. The van der Waals surface area contributed by atoms with Crippen LogP contribution >= 0.6 is 22.6 Å². The molecular weight excluding hydrogens is 387 g/mol. The minimum atomic E-state index is 0.105. The number of anilines is 2. The van der Waals surface area contributed by atoms with Gasteiger partial charge in [0.2, 0.25) is 5.91 Å². The molecule has 0 radical (unpaired) electrons. The number of halogens is 1. The SMILES string of the molecule is CC(=O)N1c2ccc(I)cc2C(Nc2ccccc2)CC1C. The largest absolute Gasteiger partial charge is 0.378 e. The molecule has 0 aromatic heterocycles. The normalized spacial score (nSPS) is 20.4. The van der Waals surface area contributed by atoms with Crippen molar-refractivity contribution >= 4 is 39.9 Å². The Morgan fingerprint density at radius 1 is 1.23 bits per heavy atom. The van der Waals surface area contributed by atoms with Gasteiger partial charge in [0.1, 0.15) is 0 Å². The molecule has 114 valence electrons. The van der Waals surface area contributed by atoms with Gasteiger partial charge < -0.3 is 10.2 Å². The molecule has 0 saturated heterocycles. The quantitative estimate of drug-likeness (QED) is 0.741. The summed E-state index contributed by atoms with van der Waals surface area (Å²) < 4.78 is 1.19. The lowest BCUT2D eigenvalue weighted by Gasteiger charge is -2.39. The van der Waals surface area contributed by atoms with E-state index in [1.54, 1.807) is 6.92 Å². The van der Waals surface area contributed by atoms with Crippen molar-refractivity contribution in [3.8, 4) is 0 Å². The lowest BCUT2D eigenvalue weighted by atomic mass is 9.91. The molecule has 2 unspecified atom stereocenters. The molecule has 1 N–H and O–H groups in total. The summed E-state index contributed by atoms with van der Waals surface area (Å²) in [6.45, 7) is 3.76. The van der Waals surface area contributed by atoms with E-state index in [9.17, 15) is 4.79 Å². The molecule has 0 saturated carbocycles. The second kappa shape index (κ2) is 6.28. The molecule has 1 aliphatic heterocycles. The number of benzene rings is 2. The lowest BCUT2D eigenvalue weighted by Crippen LogP contribution is -2.43. The molecule has 1 amide bonds. The molecular formula is C18H19IN2O. The van der Waals surface area contributed by atoms with Gasteiger partial charge in [-0.3, -0.25) is 4.79 Å². The van der Waals surface area contributed by atoms with Crippen molar-refractivity contribution in [1.82, 2.24) is 0 Å². The maximum atomic E-state index is 12.0. The Morgan fingerprint density at radius 3 is 2.64 bits per heavy atom. The van der Waals surface area contributed by atoms with Crippen LogP contribution in [0.2, 0.25) is 0 Å². The third kappa shape index (κ3) is 2.97. The van der Waals surface area contributed by atoms with Crippen LogP contribution in [0, 0.1) is 3.57 Å². The number of rotatable bonds is 2. The number of fused-ring (bicyclic) bond motifs is 1. The van der Waals surface area contributed by atoms with Crippen molar-refractivity contribution in [3.05, 3.63) is 57.7 Å². The van der Waals surface area contributed by atoms with E-state index in [4.69, 9.17) is 0 Å². The van der Waals surface area contributed by atoms with E-state index in [-0.39, 0.29) is 18.0 Å². The number of nitrogens with zero attached hydrogens (tertiary/aromatic N) is 1. The van der Waals surface area contributed by atoms with E-state index in [0.29, 0.717) is 0 Å². The number of amides is 1.